The third kappa shape index (κ3) is 9.76. The van der Waals surface area contributed by atoms with E-state index >= 15 is 0 Å². The number of carbonyl (C=O) groups excluding carboxylic acids is 5. The van der Waals surface area contributed by atoms with Gasteiger partial charge in [-0.2, -0.15) is 5.10 Å². The van der Waals surface area contributed by atoms with Gasteiger partial charge in [-0.25, -0.2) is 9.48 Å². The number of carboxylic acid groups (broad SMARTS) is 1. The van der Waals surface area contributed by atoms with Crippen LogP contribution in [0, 0.1) is 0 Å². The first-order valence-corrected chi connectivity index (χ1v) is 17.8. The van der Waals surface area contributed by atoms with Gasteiger partial charge in [0.25, 0.3) is 11.8 Å². The summed E-state index contributed by atoms with van der Waals surface area (Å²) in [4.78, 5) is 81.7. The van der Waals surface area contributed by atoms with E-state index in [4.69, 9.17) is 9.47 Å². The summed E-state index contributed by atoms with van der Waals surface area (Å²) < 4.78 is 12.6. The number of nitrogens with one attached hydrogen (secondary N) is 2. The number of amides is 5. The molecule has 3 aliphatic rings. The van der Waals surface area contributed by atoms with Gasteiger partial charge in [-0.1, -0.05) is 31.5 Å². The molecule has 0 radical (unpaired) electrons. The molecule has 3 fully saturated rings. The summed E-state index contributed by atoms with van der Waals surface area (Å²) in [6.07, 6.45) is 4.89. The highest BCUT2D eigenvalue weighted by Gasteiger charge is 2.36. The fourth-order valence-corrected chi connectivity index (χ4v) is 6.22. The van der Waals surface area contributed by atoms with Crippen molar-refractivity contribution in [3.8, 4) is 11.6 Å². The summed E-state index contributed by atoms with van der Waals surface area (Å²) in [5.41, 5.74) is 0.426. The van der Waals surface area contributed by atoms with Gasteiger partial charge in [-0.3, -0.25) is 24.0 Å². The molecule has 2 saturated heterocycles. The van der Waals surface area contributed by atoms with Crippen LogP contribution >= 0.6 is 0 Å². The predicted octanol–water partition coefficient (Wildman–Crippen LogP) is 1.95. The van der Waals surface area contributed by atoms with Crippen molar-refractivity contribution >= 4 is 35.7 Å². The highest BCUT2D eigenvalue weighted by molar-refractivity contribution is 5.96. The average Bonchev–Trinajstić information content (AvgIpc) is 3.79. The number of aromatic nitrogens is 2. The molecule has 51 heavy (non-hydrogen) atoms. The van der Waals surface area contributed by atoms with E-state index in [-0.39, 0.29) is 68.5 Å². The van der Waals surface area contributed by atoms with Crippen LogP contribution in [0.3, 0.4) is 0 Å². The molecule has 0 bridgehead atoms. The van der Waals surface area contributed by atoms with E-state index in [2.05, 4.69) is 15.7 Å². The van der Waals surface area contributed by atoms with Gasteiger partial charge in [-0.05, 0) is 57.1 Å². The van der Waals surface area contributed by atoms with Crippen LogP contribution in [-0.4, -0.2) is 129 Å². The standard InChI is InChI=1S/C35H47N7O9/c1-2-3-21-50-35(49)40-19-17-39(18-20-40)34(48)26(14-15-31(44)45)37-32(46)27-22-30(42(38-27)25-11-5-4-6-12-25)51-23-29(43)41-16-8-13-28(41)33(47)36-24-9-7-10-24/h4-6,11-12,22,24,26,28H,2-3,7-10,13-21,23H2,1H3,(H,36,47)(H,37,46)(H,44,45). The van der Waals surface area contributed by atoms with Crippen molar-refractivity contribution in [2.24, 2.45) is 0 Å². The van der Waals surface area contributed by atoms with Gasteiger partial charge in [0.2, 0.25) is 17.7 Å². The van der Waals surface area contributed by atoms with E-state index in [1.807, 2.05) is 6.92 Å². The van der Waals surface area contributed by atoms with Crippen LogP contribution < -0.4 is 15.4 Å². The van der Waals surface area contributed by atoms with Crippen LogP contribution in [0.1, 0.15) is 75.2 Å². The Kier molecular flexibility index (Phi) is 12.9. The number of carboxylic acids is 1. The molecule has 276 valence electrons. The first-order valence-electron chi connectivity index (χ1n) is 17.8. The number of hydrogen-bond acceptors (Lipinski definition) is 9. The molecule has 1 aromatic heterocycles. The van der Waals surface area contributed by atoms with Crippen LogP contribution in [0.15, 0.2) is 36.4 Å². The normalized spacial score (nSPS) is 18.1. The van der Waals surface area contributed by atoms with Gasteiger partial charge < -0.3 is 39.9 Å². The second-order valence-corrected chi connectivity index (χ2v) is 13.0. The lowest BCUT2D eigenvalue weighted by molar-refractivity contribution is -0.140. The molecule has 2 atom stereocenters. The van der Waals surface area contributed by atoms with Gasteiger partial charge >= 0.3 is 12.1 Å². The van der Waals surface area contributed by atoms with Crippen molar-refractivity contribution in [2.75, 3.05) is 45.9 Å². The van der Waals surface area contributed by atoms with Crippen LogP contribution in [0.25, 0.3) is 5.69 Å². The number of para-hydroxylation sites is 1. The summed E-state index contributed by atoms with van der Waals surface area (Å²) in [5, 5.41) is 19.4. The fraction of sp³-hybridized carbons (Fsp3) is 0.571. The van der Waals surface area contributed by atoms with E-state index in [9.17, 15) is 33.9 Å². The molecule has 1 aliphatic carbocycles. The Hall–Kier alpha value is -5.15. The molecule has 16 nitrogen and oxygen atoms in total. The largest absolute Gasteiger partial charge is 0.481 e. The number of nitrogens with zero attached hydrogens (tertiary/aromatic N) is 5. The number of rotatable bonds is 15. The zero-order chi connectivity index (χ0) is 36.3. The fourth-order valence-electron chi connectivity index (χ4n) is 6.22. The zero-order valence-corrected chi connectivity index (χ0v) is 29.0. The van der Waals surface area contributed by atoms with E-state index in [1.165, 1.54) is 25.4 Å². The summed E-state index contributed by atoms with van der Waals surface area (Å²) in [6, 6.07) is 8.59. The number of piperazine rings is 1. The highest BCUT2D eigenvalue weighted by Crippen LogP contribution is 2.24. The van der Waals surface area contributed by atoms with Crippen LogP contribution in [0.5, 0.6) is 5.88 Å². The van der Waals surface area contributed by atoms with Crippen molar-refractivity contribution in [1.29, 1.82) is 0 Å². The molecule has 3 heterocycles. The Morgan fingerprint density at radius 2 is 1.69 bits per heavy atom. The third-order valence-electron chi connectivity index (χ3n) is 9.40. The molecule has 5 amide bonds. The van der Waals surface area contributed by atoms with Gasteiger partial charge in [0.15, 0.2) is 12.3 Å². The lowest BCUT2D eigenvalue weighted by Crippen LogP contribution is -2.56. The van der Waals surface area contributed by atoms with Crippen LogP contribution in [-0.2, 0) is 23.9 Å². The highest BCUT2D eigenvalue weighted by atomic mass is 16.6. The zero-order valence-electron chi connectivity index (χ0n) is 29.0. The van der Waals surface area contributed by atoms with Crippen molar-refractivity contribution in [2.45, 2.75) is 82.8 Å². The average molecular weight is 710 g/mol. The van der Waals surface area contributed by atoms with Gasteiger partial charge in [0, 0.05) is 51.3 Å². The van der Waals surface area contributed by atoms with E-state index in [0.29, 0.717) is 31.7 Å². The number of unbranched alkanes of at least 4 members (excludes halogenated alkanes) is 1. The maximum atomic E-state index is 13.6. The van der Waals surface area contributed by atoms with Gasteiger partial charge in [0.1, 0.15) is 12.1 Å². The number of aliphatic carboxylic acids is 1. The lowest BCUT2D eigenvalue weighted by Gasteiger charge is -2.36. The first-order chi connectivity index (χ1) is 24.6. The molecule has 5 rings (SSSR count). The summed E-state index contributed by atoms with van der Waals surface area (Å²) in [7, 11) is 0. The Labute approximate surface area is 296 Å². The summed E-state index contributed by atoms with van der Waals surface area (Å²) >= 11 is 0. The minimum absolute atomic E-state index is 0.0877. The van der Waals surface area contributed by atoms with Crippen molar-refractivity contribution in [3.05, 3.63) is 42.1 Å². The molecular formula is C35H47N7O9. The monoisotopic (exact) mass is 709 g/mol. The molecule has 1 aromatic carbocycles. The Morgan fingerprint density at radius 1 is 0.961 bits per heavy atom. The quantitative estimate of drug-likeness (QED) is 0.230. The smallest absolute Gasteiger partial charge is 0.409 e. The predicted molar refractivity (Wildman–Crippen MR) is 182 cm³/mol. The minimum Gasteiger partial charge on any atom is -0.481 e. The summed E-state index contributed by atoms with van der Waals surface area (Å²) in [6.45, 7) is 3.20. The third-order valence-corrected chi connectivity index (χ3v) is 9.40. The molecule has 0 spiro atoms. The van der Waals surface area contributed by atoms with E-state index in [0.717, 1.165) is 32.1 Å². The number of hydrogen-bond donors (Lipinski definition) is 3. The Morgan fingerprint density at radius 3 is 2.35 bits per heavy atom. The molecule has 2 aliphatic heterocycles. The SMILES string of the molecule is CCCCOC(=O)N1CCN(C(=O)C(CCC(=O)O)NC(=O)c2cc(OCC(=O)N3CCCC3C(=O)NC3CCC3)n(-c3ccccc3)n2)CC1. The minimum atomic E-state index is -1.18. The molecular weight excluding hydrogens is 662 g/mol. The summed E-state index contributed by atoms with van der Waals surface area (Å²) in [5.74, 6) is -2.79. The topological polar surface area (TPSA) is 193 Å². The molecule has 16 heteroatoms. The van der Waals surface area contributed by atoms with Crippen LogP contribution in [0.4, 0.5) is 4.79 Å². The lowest BCUT2D eigenvalue weighted by atomic mass is 9.93. The maximum absolute atomic E-state index is 13.6. The first kappa shape index (κ1) is 37.1. The molecule has 3 N–H and O–H groups in total. The van der Waals surface area contributed by atoms with Crippen LogP contribution in [0.2, 0.25) is 0 Å². The molecule has 1 saturated carbocycles. The number of likely N-dealkylation sites (tertiary alicyclic amines) is 1. The Balaban J connectivity index is 1.25. The number of ether oxygens (including phenoxy) is 2. The molecule has 2 unspecified atom stereocenters. The second-order valence-electron chi connectivity index (χ2n) is 13.0. The van der Waals surface area contributed by atoms with Crippen molar-refractivity contribution in [1.82, 2.24) is 35.1 Å². The van der Waals surface area contributed by atoms with Gasteiger partial charge in [-0.15, -0.1) is 0 Å². The number of benzene rings is 1. The number of carbonyl (C=O) groups is 6. The van der Waals surface area contributed by atoms with E-state index in [1.54, 1.807) is 30.3 Å². The van der Waals surface area contributed by atoms with Crippen molar-refractivity contribution in [3.63, 3.8) is 0 Å². The van der Waals surface area contributed by atoms with Gasteiger partial charge in [0.05, 0.1) is 12.3 Å². The van der Waals surface area contributed by atoms with Crippen molar-refractivity contribution < 1.29 is 43.3 Å². The maximum Gasteiger partial charge on any atom is 0.409 e. The Bertz CT molecular complexity index is 1550. The second kappa shape index (κ2) is 17.7. The molecule has 2 aromatic rings. The van der Waals surface area contributed by atoms with E-state index < -0.39 is 42.6 Å².